The van der Waals surface area contributed by atoms with Crippen molar-refractivity contribution in [3.8, 4) is 5.75 Å². The highest BCUT2D eigenvalue weighted by molar-refractivity contribution is 5.74. The fourth-order valence-corrected chi connectivity index (χ4v) is 2.51. The summed E-state index contributed by atoms with van der Waals surface area (Å²) in [5.41, 5.74) is 2.00. The molecule has 1 aromatic heterocycles. The highest BCUT2D eigenvalue weighted by Crippen LogP contribution is 2.17. The van der Waals surface area contributed by atoms with Crippen LogP contribution in [-0.2, 0) is 6.42 Å². The van der Waals surface area contributed by atoms with Gasteiger partial charge in [0.15, 0.2) is 0 Å². The zero-order chi connectivity index (χ0) is 17.5. The molecule has 24 heavy (non-hydrogen) atoms. The number of carbonyl (C=O) groups is 1. The zero-order valence-corrected chi connectivity index (χ0v) is 14.7. The van der Waals surface area contributed by atoms with Gasteiger partial charge < -0.3 is 15.0 Å². The first-order valence-electron chi connectivity index (χ1n) is 8.08. The number of pyridine rings is 1. The quantitative estimate of drug-likeness (QED) is 0.884. The normalized spacial score (nSPS) is 13.0. The van der Waals surface area contributed by atoms with Crippen molar-refractivity contribution in [2.24, 2.45) is 0 Å². The molecule has 5 heteroatoms. The van der Waals surface area contributed by atoms with Gasteiger partial charge in [0.05, 0.1) is 18.8 Å². The predicted molar refractivity (Wildman–Crippen MR) is 95.1 cm³/mol. The standard InChI is InChI=1S/C19H25N3O2/c1-14(12-16-8-7-9-17(13-16)24-4)21-19(23)22(3)15(2)18-10-5-6-11-20-18/h5-11,13-15H,12H2,1-4H3,(H,21,23)/t14-,15+/m0/s1. The van der Waals surface area contributed by atoms with Crippen molar-refractivity contribution in [1.29, 1.82) is 0 Å². The minimum Gasteiger partial charge on any atom is -0.497 e. The van der Waals surface area contributed by atoms with Crippen LogP contribution in [0, 0.1) is 0 Å². The topological polar surface area (TPSA) is 54.5 Å². The maximum atomic E-state index is 12.4. The molecular formula is C19H25N3O2. The highest BCUT2D eigenvalue weighted by atomic mass is 16.5. The molecule has 0 saturated heterocycles. The SMILES string of the molecule is COc1cccc(C[C@H](C)NC(=O)N(C)[C@H](C)c2ccccn2)c1. The number of hydrogen-bond acceptors (Lipinski definition) is 3. The number of hydrogen-bond donors (Lipinski definition) is 1. The fourth-order valence-electron chi connectivity index (χ4n) is 2.51. The second kappa shape index (κ2) is 8.34. The number of aromatic nitrogens is 1. The van der Waals surface area contributed by atoms with E-state index >= 15 is 0 Å². The molecule has 0 bridgehead atoms. The van der Waals surface area contributed by atoms with E-state index < -0.39 is 0 Å². The van der Waals surface area contributed by atoms with Crippen LogP contribution in [0.5, 0.6) is 5.75 Å². The van der Waals surface area contributed by atoms with Gasteiger partial charge in [-0.1, -0.05) is 18.2 Å². The van der Waals surface area contributed by atoms with Gasteiger partial charge in [0.25, 0.3) is 0 Å². The number of nitrogens with one attached hydrogen (secondary N) is 1. The maximum absolute atomic E-state index is 12.4. The summed E-state index contributed by atoms with van der Waals surface area (Å²) in [5.74, 6) is 0.826. The van der Waals surface area contributed by atoms with Crippen LogP contribution in [0.4, 0.5) is 4.79 Å². The van der Waals surface area contributed by atoms with E-state index in [9.17, 15) is 4.79 Å². The van der Waals surface area contributed by atoms with Gasteiger partial charge in [-0.2, -0.15) is 0 Å². The van der Waals surface area contributed by atoms with Crippen LogP contribution in [-0.4, -0.2) is 36.1 Å². The van der Waals surface area contributed by atoms with E-state index in [2.05, 4.69) is 10.3 Å². The van der Waals surface area contributed by atoms with Crippen LogP contribution in [0.25, 0.3) is 0 Å². The number of carbonyl (C=O) groups excluding carboxylic acids is 1. The van der Waals surface area contributed by atoms with E-state index in [1.165, 1.54) is 0 Å². The van der Waals surface area contributed by atoms with Gasteiger partial charge in [-0.15, -0.1) is 0 Å². The molecule has 0 aliphatic carbocycles. The van der Waals surface area contributed by atoms with Crippen molar-refractivity contribution in [1.82, 2.24) is 15.2 Å². The summed E-state index contributed by atoms with van der Waals surface area (Å²) in [4.78, 5) is 18.4. The predicted octanol–water partition coefficient (Wildman–Crippen LogP) is 3.42. The third-order valence-electron chi connectivity index (χ3n) is 4.06. The second-order valence-electron chi connectivity index (χ2n) is 5.95. The summed E-state index contributed by atoms with van der Waals surface area (Å²) in [7, 11) is 3.44. The van der Waals surface area contributed by atoms with Crippen molar-refractivity contribution in [3.63, 3.8) is 0 Å². The van der Waals surface area contributed by atoms with E-state index in [-0.39, 0.29) is 18.1 Å². The molecule has 128 valence electrons. The Hall–Kier alpha value is -2.56. The largest absolute Gasteiger partial charge is 0.497 e. The zero-order valence-electron chi connectivity index (χ0n) is 14.7. The molecule has 2 amide bonds. The Kier molecular flexibility index (Phi) is 6.18. The van der Waals surface area contributed by atoms with Gasteiger partial charge in [0.2, 0.25) is 0 Å². The monoisotopic (exact) mass is 327 g/mol. The Morgan fingerprint density at radius 1 is 1.25 bits per heavy atom. The van der Waals surface area contributed by atoms with Crippen molar-refractivity contribution in [2.75, 3.05) is 14.2 Å². The van der Waals surface area contributed by atoms with Crippen molar-refractivity contribution >= 4 is 6.03 Å². The fraction of sp³-hybridized carbons (Fsp3) is 0.368. The summed E-state index contributed by atoms with van der Waals surface area (Å²) in [6.07, 6.45) is 2.48. The molecule has 2 atom stereocenters. The first-order chi connectivity index (χ1) is 11.5. The minimum absolute atomic E-state index is 0.0167. The molecular weight excluding hydrogens is 302 g/mol. The number of benzene rings is 1. The lowest BCUT2D eigenvalue weighted by molar-refractivity contribution is 0.190. The van der Waals surface area contributed by atoms with Crippen LogP contribution >= 0.6 is 0 Å². The van der Waals surface area contributed by atoms with Gasteiger partial charge in [0.1, 0.15) is 5.75 Å². The van der Waals surface area contributed by atoms with Crippen LogP contribution < -0.4 is 10.1 Å². The summed E-state index contributed by atoms with van der Waals surface area (Å²) >= 11 is 0. The lowest BCUT2D eigenvalue weighted by atomic mass is 10.1. The number of ether oxygens (including phenoxy) is 1. The van der Waals surface area contributed by atoms with E-state index in [0.717, 1.165) is 23.4 Å². The molecule has 1 N–H and O–H groups in total. The highest BCUT2D eigenvalue weighted by Gasteiger charge is 2.19. The molecule has 0 aliphatic heterocycles. The van der Waals surface area contributed by atoms with Gasteiger partial charge in [-0.05, 0) is 50.1 Å². The summed E-state index contributed by atoms with van der Waals surface area (Å²) in [6.45, 7) is 3.96. The smallest absolute Gasteiger partial charge is 0.317 e. The molecule has 0 unspecified atom stereocenters. The van der Waals surface area contributed by atoms with Gasteiger partial charge in [-0.25, -0.2) is 4.79 Å². The molecule has 0 radical (unpaired) electrons. The minimum atomic E-state index is -0.108. The molecule has 1 heterocycles. The van der Waals surface area contributed by atoms with Crippen molar-refractivity contribution in [2.45, 2.75) is 32.4 Å². The van der Waals surface area contributed by atoms with Crippen LogP contribution in [0.2, 0.25) is 0 Å². The first-order valence-corrected chi connectivity index (χ1v) is 8.08. The number of methoxy groups -OCH3 is 1. The maximum Gasteiger partial charge on any atom is 0.317 e. The molecule has 0 saturated carbocycles. The number of urea groups is 1. The van der Waals surface area contributed by atoms with Gasteiger partial charge in [-0.3, -0.25) is 4.98 Å². The average molecular weight is 327 g/mol. The Morgan fingerprint density at radius 3 is 2.71 bits per heavy atom. The molecule has 0 fully saturated rings. The van der Waals surface area contributed by atoms with Crippen molar-refractivity contribution in [3.05, 3.63) is 59.9 Å². The molecule has 2 aromatic rings. The van der Waals surface area contributed by atoms with Crippen LogP contribution in [0.1, 0.15) is 31.1 Å². The van der Waals surface area contributed by atoms with E-state index in [1.54, 1.807) is 25.3 Å². The Balaban J connectivity index is 1.93. The first kappa shape index (κ1) is 17.8. The average Bonchev–Trinajstić information content (AvgIpc) is 2.61. The third-order valence-corrected chi connectivity index (χ3v) is 4.06. The Morgan fingerprint density at radius 2 is 2.04 bits per heavy atom. The van der Waals surface area contributed by atoms with Crippen molar-refractivity contribution < 1.29 is 9.53 Å². The van der Waals surface area contributed by atoms with Gasteiger partial charge in [0, 0.05) is 19.3 Å². The molecule has 0 spiro atoms. The summed E-state index contributed by atoms with van der Waals surface area (Å²) in [6, 6.07) is 13.4. The van der Waals surface area contributed by atoms with Crippen LogP contribution in [0.15, 0.2) is 48.7 Å². The third kappa shape index (κ3) is 4.72. The van der Waals surface area contributed by atoms with E-state index in [4.69, 9.17) is 4.74 Å². The lowest BCUT2D eigenvalue weighted by Gasteiger charge is -2.26. The Labute approximate surface area is 143 Å². The van der Waals surface area contributed by atoms with E-state index in [0.29, 0.717) is 0 Å². The molecule has 0 aliphatic rings. The molecule has 5 nitrogen and oxygen atoms in total. The lowest BCUT2D eigenvalue weighted by Crippen LogP contribution is -2.43. The number of amides is 2. The Bertz CT molecular complexity index is 661. The number of rotatable bonds is 6. The molecule has 2 rings (SSSR count). The summed E-state index contributed by atoms with van der Waals surface area (Å²) in [5, 5.41) is 3.03. The number of nitrogens with zero attached hydrogens (tertiary/aromatic N) is 2. The molecule has 1 aromatic carbocycles. The van der Waals surface area contributed by atoms with Crippen LogP contribution in [0.3, 0.4) is 0 Å². The van der Waals surface area contributed by atoms with E-state index in [1.807, 2.05) is 56.3 Å². The van der Waals surface area contributed by atoms with Gasteiger partial charge >= 0.3 is 6.03 Å². The summed E-state index contributed by atoms with van der Waals surface area (Å²) < 4.78 is 5.23. The second-order valence-corrected chi connectivity index (χ2v) is 5.95.